The number of pyridine rings is 1. The zero-order valence-corrected chi connectivity index (χ0v) is 29.5. The Labute approximate surface area is 298 Å². The van der Waals surface area contributed by atoms with Crippen LogP contribution in [0.1, 0.15) is 63.3 Å². The lowest BCUT2D eigenvalue weighted by Crippen LogP contribution is -2.61. The van der Waals surface area contributed by atoms with E-state index in [1.165, 1.54) is 19.1 Å². The number of hydrogen-bond acceptors (Lipinski definition) is 7. The number of nitrogens with zero attached hydrogens (tertiary/aromatic N) is 2. The quantitative estimate of drug-likeness (QED) is 0.178. The number of carbonyl (C=O) groups is 3. The van der Waals surface area contributed by atoms with Gasteiger partial charge in [-0.1, -0.05) is 56.7 Å². The number of aromatic nitrogens is 1. The number of likely N-dealkylation sites (tertiary alicyclic amines) is 1. The maximum Gasteiger partial charge on any atom is 0.249 e. The van der Waals surface area contributed by atoms with Crippen LogP contribution in [-0.4, -0.2) is 81.7 Å². The van der Waals surface area contributed by atoms with Crippen LogP contribution in [0.5, 0.6) is 0 Å². The van der Waals surface area contributed by atoms with Crippen LogP contribution in [0.2, 0.25) is 0 Å². The molecule has 274 valence electrons. The molecule has 2 unspecified atom stereocenters. The Morgan fingerprint density at radius 3 is 2.49 bits per heavy atom. The highest BCUT2D eigenvalue weighted by atomic mass is 19.1. The van der Waals surface area contributed by atoms with E-state index >= 15 is 0 Å². The molecule has 51 heavy (non-hydrogen) atoms. The van der Waals surface area contributed by atoms with Crippen LogP contribution in [0.4, 0.5) is 8.78 Å². The first-order valence-corrected chi connectivity index (χ1v) is 17.8. The van der Waals surface area contributed by atoms with Crippen LogP contribution in [0.3, 0.4) is 0 Å². The van der Waals surface area contributed by atoms with Crippen molar-refractivity contribution >= 4 is 17.7 Å². The van der Waals surface area contributed by atoms with Crippen molar-refractivity contribution in [3.63, 3.8) is 0 Å². The Bertz CT molecular complexity index is 1610. The van der Waals surface area contributed by atoms with Crippen LogP contribution in [0.15, 0.2) is 72.9 Å². The number of halogens is 2. The molecule has 2 aliphatic rings. The van der Waals surface area contributed by atoms with E-state index < -0.39 is 47.3 Å². The summed E-state index contributed by atoms with van der Waals surface area (Å²) in [5.74, 6) is -2.87. The molecule has 0 radical (unpaired) electrons. The number of aryl methyl sites for hydroxylation is 1. The standard InChI is InChI=1S/C39H49F2N5O5/c1-4-25(2)39(45-26(3)47)15-17-46(38(39)50)35(14-13-27-10-6-5-7-11-27)37(49)44-34(20-28-18-29(40)21-30(41)19-28)36(48)33-22-32(23-43-33)51-24-31-12-8-9-16-42-31/h5-12,16,18-19,21,25,32-36,43,48H,4,13-15,17,20,22-24H2,1-3H3,(H,44,49)(H,45,47)/t25-,32-,33-,34+,35?,36-,39?/m1/s1. The highest BCUT2D eigenvalue weighted by molar-refractivity contribution is 5.96. The number of hydrogen-bond donors (Lipinski definition) is 4. The molecule has 1 aromatic heterocycles. The fourth-order valence-corrected chi connectivity index (χ4v) is 7.40. The molecule has 3 aromatic rings. The number of aliphatic hydroxyl groups excluding tert-OH is 1. The average Bonchev–Trinajstić information content (AvgIpc) is 3.72. The molecule has 2 aromatic carbocycles. The summed E-state index contributed by atoms with van der Waals surface area (Å²) in [6.07, 6.45) is 2.38. The van der Waals surface area contributed by atoms with Crippen LogP contribution in [0.25, 0.3) is 0 Å². The summed E-state index contributed by atoms with van der Waals surface area (Å²) in [7, 11) is 0. The molecular weight excluding hydrogens is 656 g/mol. The van der Waals surface area contributed by atoms with Gasteiger partial charge in [-0.3, -0.25) is 19.4 Å². The van der Waals surface area contributed by atoms with E-state index in [0.29, 0.717) is 38.8 Å². The minimum Gasteiger partial charge on any atom is -0.389 e. The summed E-state index contributed by atoms with van der Waals surface area (Å²) in [6.45, 7) is 6.25. The van der Waals surface area contributed by atoms with Crippen molar-refractivity contribution in [2.45, 2.75) is 102 Å². The van der Waals surface area contributed by atoms with E-state index in [1.54, 1.807) is 11.1 Å². The third-order valence-electron chi connectivity index (χ3n) is 10.3. The average molecular weight is 706 g/mol. The normalized spacial score (nSPS) is 22.7. The molecule has 0 spiro atoms. The minimum atomic E-state index is -1.17. The van der Waals surface area contributed by atoms with Gasteiger partial charge >= 0.3 is 0 Å². The molecule has 12 heteroatoms. The van der Waals surface area contributed by atoms with Gasteiger partial charge in [0.25, 0.3) is 0 Å². The zero-order valence-electron chi connectivity index (χ0n) is 29.5. The Hall–Kier alpha value is -4.26. The molecule has 3 amide bonds. The van der Waals surface area contributed by atoms with Gasteiger partial charge in [0, 0.05) is 38.3 Å². The molecule has 0 bridgehead atoms. The lowest BCUT2D eigenvalue weighted by atomic mass is 9.81. The summed E-state index contributed by atoms with van der Waals surface area (Å²) in [4.78, 5) is 46.9. The molecule has 5 rings (SSSR count). The van der Waals surface area contributed by atoms with Gasteiger partial charge in [-0.15, -0.1) is 0 Å². The maximum atomic E-state index is 14.4. The highest BCUT2D eigenvalue weighted by Gasteiger charge is 2.53. The monoisotopic (exact) mass is 705 g/mol. The van der Waals surface area contributed by atoms with Crippen molar-refractivity contribution in [3.8, 4) is 0 Å². The van der Waals surface area contributed by atoms with Crippen molar-refractivity contribution in [1.29, 1.82) is 0 Å². The van der Waals surface area contributed by atoms with Crippen LogP contribution < -0.4 is 16.0 Å². The van der Waals surface area contributed by atoms with Gasteiger partial charge in [0.2, 0.25) is 17.7 Å². The Balaban J connectivity index is 1.39. The van der Waals surface area contributed by atoms with E-state index in [-0.39, 0.29) is 48.8 Å². The molecule has 2 saturated heterocycles. The number of ether oxygens (including phenoxy) is 1. The predicted molar refractivity (Wildman–Crippen MR) is 188 cm³/mol. The van der Waals surface area contributed by atoms with Crippen LogP contribution in [-0.2, 0) is 38.6 Å². The molecule has 0 aliphatic carbocycles. The van der Waals surface area contributed by atoms with Gasteiger partial charge in [-0.05, 0) is 73.4 Å². The largest absolute Gasteiger partial charge is 0.389 e. The van der Waals surface area contributed by atoms with Crippen molar-refractivity contribution in [1.82, 2.24) is 25.8 Å². The van der Waals surface area contributed by atoms with Crippen molar-refractivity contribution in [3.05, 3.63) is 101 Å². The van der Waals surface area contributed by atoms with E-state index in [9.17, 15) is 28.3 Å². The molecule has 3 heterocycles. The van der Waals surface area contributed by atoms with Gasteiger partial charge < -0.3 is 30.7 Å². The summed E-state index contributed by atoms with van der Waals surface area (Å²) in [5.41, 5.74) is 0.865. The third kappa shape index (κ3) is 9.55. The smallest absolute Gasteiger partial charge is 0.249 e. The van der Waals surface area contributed by atoms with Crippen molar-refractivity contribution < 1.29 is 33.0 Å². The van der Waals surface area contributed by atoms with Gasteiger partial charge in [0.05, 0.1) is 30.6 Å². The second kappa shape index (κ2) is 17.3. The fourth-order valence-electron chi connectivity index (χ4n) is 7.40. The number of amides is 3. The number of aliphatic hydroxyl groups is 1. The lowest BCUT2D eigenvalue weighted by Gasteiger charge is -2.36. The first-order valence-electron chi connectivity index (χ1n) is 17.8. The first-order chi connectivity index (χ1) is 24.5. The van der Waals surface area contributed by atoms with Gasteiger partial charge in [0.1, 0.15) is 23.2 Å². The first kappa shape index (κ1) is 38.0. The summed E-state index contributed by atoms with van der Waals surface area (Å²) in [5, 5.41) is 21.0. The van der Waals surface area contributed by atoms with Crippen molar-refractivity contribution in [2.24, 2.45) is 5.92 Å². The zero-order chi connectivity index (χ0) is 36.5. The molecule has 7 atom stereocenters. The van der Waals surface area contributed by atoms with Crippen LogP contribution >= 0.6 is 0 Å². The minimum absolute atomic E-state index is 0.0682. The molecule has 2 aliphatic heterocycles. The Morgan fingerprint density at radius 1 is 1.10 bits per heavy atom. The summed E-state index contributed by atoms with van der Waals surface area (Å²) < 4.78 is 34.7. The van der Waals surface area contributed by atoms with Crippen LogP contribution in [0, 0.1) is 17.6 Å². The second-order valence-corrected chi connectivity index (χ2v) is 13.8. The van der Waals surface area contributed by atoms with Gasteiger partial charge in [-0.25, -0.2) is 8.78 Å². The summed E-state index contributed by atoms with van der Waals surface area (Å²) in [6, 6.07) is 15.9. The topological polar surface area (TPSA) is 133 Å². The summed E-state index contributed by atoms with van der Waals surface area (Å²) >= 11 is 0. The fraction of sp³-hybridized carbons (Fsp3) is 0.487. The van der Waals surface area contributed by atoms with E-state index in [2.05, 4.69) is 20.9 Å². The highest BCUT2D eigenvalue weighted by Crippen LogP contribution is 2.34. The van der Waals surface area contributed by atoms with Gasteiger partial charge in [-0.2, -0.15) is 0 Å². The Morgan fingerprint density at radius 2 is 1.82 bits per heavy atom. The van der Waals surface area contributed by atoms with E-state index in [1.807, 2.05) is 62.4 Å². The van der Waals surface area contributed by atoms with E-state index in [0.717, 1.165) is 17.3 Å². The van der Waals surface area contributed by atoms with E-state index in [4.69, 9.17) is 4.74 Å². The number of nitrogens with one attached hydrogen (secondary N) is 3. The predicted octanol–water partition coefficient (Wildman–Crippen LogP) is 3.85. The SMILES string of the molecule is CC[C@@H](C)C1(NC(C)=O)CCN(C(CCc2ccccc2)C(=O)N[C@@H](Cc2cc(F)cc(F)c2)[C@H](O)[C@H]2C[C@@H](OCc3ccccn3)CN2)C1=O. The Kier molecular flexibility index (Phi) is 12.9. The molecule has 0 saturated carbocycles. The molecular formula is C39H49F2N5O5. The molecule has 2 fully saturated rings. The van der Waals surface area contributed by atoms with Crippen molar-refractivity contribution in [2.75, 3.05) is 13.1 Å². The number of carbonyl (C=O) groups excluding carboxylic acids is 3. The van der Waals surface area contributed by atoms with Gasteiger partial charge in [0.15, 0.2) is 0 Å². The maximum absolute atomic E-state index is 14.4. The number of benzene rings is 2. The second-order valence-electron chi connectivity index (χ2n) is 13.8. The third-order valence-corrected chi connectivity index (χ3v) is 10.3. The number of rotatable bonds is 16. The lowest BCUT2D eigenvalue weighted by molar-refractivity contribution is -0.144. The molecule has 4 N–H and O–H groups in total. The molecule has 10 nitrogen and oxygen atoms in total.